The maximum absolute atomic E-state index is 4.35. The summed E-state index contributed by atoms with van der Waals surface area (Å²) in [6.45, 7) is 4.41. The third-order valence-corrected chi connectivity index (χ3v) is 2.55. The Balaban J connectivity index is 2.41. The van der Waals surface area contributed by atoms with Crippen LogP contribution < -0.4 is 0 Å². The second-order valence-electron chi connectivity index (χ2n) is 4.20. The first-order valence-corrected chi connectivity index (χ1v) is 5.25. The second kappa shape index (κ2) is 3.89. The Kier molecular flexibility index (Phi) is 2.58. The van der Waals surface area contributed by atoms with Crippen molar-refractivity contribution in [1.82, 2.24) is 9.55 Å². The molecule has 1 heterocycles. The third-order valence-electron chi connectivity index (χ3n) is 2.55. The van der Waals surface area contributed by atoms with E-state index in [0.717, 1.165) is 5.69 Å². The Hall–Kier alpha value is -1.57. The molecule has 78 valence electrons. The van der Waals surface area contributed by atoms with Crippen LogP contribution >= 0.6 is 0 Å². The highest BCUT2D eigenvalue weighted by molar-refractivity contribution is 5.59. The fraction of sp³-hybridized carbons (Fsp3) is 0.308. The number of rotatable bonds is 2. The summed E-state index contributed by atoms with van der Waals surface area (Å²) in [6, 6.07) is 8.58. The summed E-state index contributed by atoms with van der Waals surface area (Å²) in [6.07, 6.45) is 3.87. The van der Waals surface area contributed by atoms with Crippen LogP contribution in [0.25, 0.3) is 11.3 Å². The molecule has 0 aliphatic heterocycles. The lowest BCUT2D eigenvalue weighted by atomic mass is 10.00. The minimum absolute atomic E-state index is 0.564. The Labute approximate surface area is 90.6 Å². The minimum Gasteiger partial charge on any atom is -0.340 e. The van der Waals surface area contributed by atoms with Gasteiger partial charge >= 0.3 is 0 Å². The van der Waals surface area contributed by atoms with Crippen LogP contribution in [0.15, 0.2) is 36.8 Å². The van der Waals surface area contributed by atoms with Crippen molar-refractivity contribution in [3.63, 3.8) is 0 Å². The van der Waals surface area contributed by atoms with Crippen LogP contribution in [0.4, 0.5) is 0 Å². The average Bonchev–Trinajstić information content (AvgIpc) is 2.65. The zero-order valence-electron chi connectivity index (χ0n) is 9.44. The lowest BCUT2D eigenvalue weighted by molar-refractivity contribution is 0.867. The van der Waals surface area contributed by atoms with E-state index in [1.807, 2.05) is 24.1 Å². The third kappa shape index (κ3) is 2.09. The number of aromatic nitrogens is 2. The molecule has 2 aromatic rings. The molecule has 0 atom stereocenters. The first-order chi connectivity index (χ1) is 7.16. The zero-order valence-corrected chi connectivity index (χ0v) is 9.44. The van der Waals surface area contributed by atoms with E-state index in [1.54, 1.807) is 0 Å². The van der Waals surface area contributed by atoms with E-state index in [4.69, 9.17) is 0 Å². The average molecular weight is 200 g/mol. The molecule has 0 fully saturated rings. The van der Waals surface area contributed by atoms with Gasteiger partial charge in [0.2, 0.25) is 0 Å². The first kappa shape index (κ1) is 9.97. The molecule has 0 saturated heterocycles. The molecule has 0 radical (unpaired) electrons. The fourth-order valence-electron chi connectivity index (χ4n) is 1.62. The van der Waals surface area contributed by atoms with Crippen molar-refractivity contribution in [3.8, 4) is 11.3 Å². The summed E-state index contributed by atoms with van der Waals surface area (Å²) < 4.78 is 1.97. The lowest BCUT2D eigenvalue weighted by Gasteiger charge is -2.06. The Morgan fingerprint density at radius 2 is 2.07 bits per heavy atom. The number of benzene rings is 1. The second-order valence-corrected chi connectivity index (χ2v) is 4.20. The molecule has 2 nitrogen and oxygen atoms in total. The van der Waals surface area contributed by atoms with Crippen molar-refractivity contribution < 1.29 is 0 Å². The maximum atomic E-state index is 4.35. The Morgan fingerprint density at radius 1 is 1.27 bits per heavy atom. The van der Waals surface area contributed by atoms with Gasteiger partial charge in [-0.15, -0.1) is 0 Å². The fourth-order valence-corrected chi connectivity index (χ4v) is 1.62. The van der Waals surface area contributed by atoms with Gasteiger partial charge in [-0.05, 0) is 17.5 Å². The van der Waals surface area contributed by atoms with Crippen molar-refractivity contribution >= 4 is 0 Å². The molecule has 1 aromatic carbocycles. The highest BCUT2D eigenvalue weighted by Crippen LogP contribution is 2.22. The number of hydrogen-bond acceptors (Lipinski definition) is 1. The molecule has 0 amide bonds. The molecular formula is C13H16N2. The molecule has 1 aromatic heterocycles. The minimum atomic E-state index is 0.564. The quantitative estimate of drug-likeness (QED) is 0.727. The van der Waals surface area contributed by atoms with E-state index < -0.39 is 0 Å². The van der Waals surface area contributed by atoms with Gasteiger partial charge in [0.15, 0.2) is 0 Å². The molecular weight excluding hydrogens is 184 g/mol. The number of imidazole rings is 1. The largest absolute Gasteiger partial charge is 0.340 e. The molecule has 0 saturated carbocycles. The van der Waals surface area contributed by atoms with Gasteiger partial charge in [0.1, 0.15) is 0 Å². The number of hydrogen-bond donors (Lipinski definition) is 0. The summed E-state index contributed by atoms with van der Waals surface area (Å²) >= 11 is 0. The van der Waals surface area contributed by atoms with Crippen LogP contribution in [0.2, 0.25) is 0 Å². The molecule has 2 heteroatoms. The summed E-state index contributed by atoms with van der Waals surface area (Å²) in [7, 11) is 1.99. The van der Waals surface area contributed by atoms with E-state index in [2.05, 4.69) is 43.1 Å². The molecule has 0 bridgehead atoms. The highest BCUT2D eigenvalue weighted by Gasteiger charge is 2.03. The maximum Gasteiger partial charge on any atom is 0.0951 e. The Morgan fingerprint density at radius 3 is 2.67 bits per heavy atom. The lowest BCUT2D eigenvalue weighted by Crippen LogP contribution is -1.87. The number of nitrogens with zero attached hydrogens (tertiary/aromatic N) is 2. The van der Waals surface area contributed by atoms with Gasteiger partial charge in [0.25, 0.3) is 0 Å². The van der Waals surface area contributed by atoms with Gasteiger partial charge in [-0.1, -0.05) is 32.0 Å². The molecule has 0 aliphatic rings. The van der Waals surface area contributed by atoms with Crippen molar-refractivity contribution in [2.45, 2.75) is 19.8 Å². The molecule has 0 N–H and O–H groups in total. The highest BCUT2D eigenvalue weighted by atomic mass is 15.0. The molecule has 2 rings (SSSR count). The van der Waals surface area contributed by atoms with Gasteiger partial charge in [-0.2, -0.15) is 0 Å². The van der Waals surface area contributed by atoms with Crippen molar-refractivity contribution in [1.29, 1.82) is 0 Å². The summed E-state index contributed by atoms with van der Waals surface area (Å²) in [4.78, 5) is 4.35. The van der Waals surface area contributed by atoms with E-state index in [9.17, 15) is 0 Å². The van der Waals surface area contributed by atoms with Crippen LogP contribution in [-0.2, 0) is 7.05 Å². The standard InChI is InChI=1S/C13H16N2/c1-10(2)11-5-4-6-12(7-11)13-8-15(3)9-14-13/h4-10H,1-3H3. The monoisotopic (exact) mass is 200 g/mol. The smallest absolute Gasteiger partial charge is 0.0951 e. The predicted octanol–water partition coefficient (Wildman–Crippen LogP) is 3.21. The molecule has 15 heavy (non-hydrogen) atoms. The van der Waals surface area contributed by atoms with E-state index in [-0.39, 0.29) is 0 Å². The van der Waals surface area contributed by atoms with E-state index in [0.29, 0.717) is 5.92 Å². The summed E-state index contributed by atoms with van der Waals surface area (Å²) in [5, 5.41) is 0. The van der Waals surface area contributed by atoms with Crippen LogP contribution in [-0.4, -0.2) is 9.55 Å². The molecule has 0 unspecified atom stereocenters. The Bertz CT molecular complexity index is 455. The van der Waals surface area contributed by atoms with Gasteiger partial charge in [-0.25, -0.2) is 4.98 Å². The van der Waals surface area contributed by atoms with Crippen molar-refractivity contribution in [3.05, 3.63) is 42.4 Å². The van der Waals surface area contributed by atoms with Gasteiger partial charge in [0.05, 0.1) is 12.0 Å². The van der Waals surface area contributed by atoms with Gasteiger partial charge < -0.3 is 4.57 Å². The van der Waals surface area contributed by atoms with Crippen LogP contribution in [0.5, 0.6) is 0 Å². The van der Waals surface area contributed by atoms with Gasteiger partial charge in [0, 0.05) is 18.8 Å². The molecule has 0 aliphatic carbocycles. The van der Waals surface area contributed by atoms with Crippen molar-refractivity contribution in [2.75, 3.05) is 0 Å². The first-order valence-electron chi connectivity index (χ1n) is 5.25. The number of aryl methyl sites for hydroxylation is 1. The predicted molar refractivity (Wildman–Crippen MR) is 62.7 cm³/mol. The SMILES string of the molecule is CC(C)c1cccc(-c2cn(C)cn2)c1. The molecule has 0 spiro atoms. The van der Waals surface area contributed by atoms with Crippen LogP contribution in [0.1, 0.15) is 25.3 Å². The topological polar surface area (TPSA) is 17.8 Å². The zero-order chi connectivity index (χ0) is 10.8. The van der Waals surface area contributed by atoms with Gasteiger partial charge in [-0.3, -0.25) is 0 Å². The summed E-state index contributed by atoms with van der Waals surface area (Å²) in [5.41, 5.74) is 3.60. The van der Waals surface area contributed by atoms with Crippen LogP contribution in [0.3, 0.4) is 0 Å². The summed E-state index contributed by atoms with van der Waals surface area (Å²) in [5.74, 6) is 0.564. The van der Waals surface area contributed by atoms with E-state index >= 15 is 0 Å². The van der Waals surface area contributed by atoms with Crippen LogP contribution in [0, 0.1) is 0 Å². The van der Waals surface area contributed by atoms with Crippen molar-refractivity contribution in [2.24, 2.45) is 7.05 Å². The normalized spacial score (nSPS) is 10.9. The van der Waals surface area contributed by atoms with E-state index in [1.165, 1.54) is 11.1 Å².